The van der Waals surface area contributed by atoms with Crippen LogP contribution in [-0.4, -0.2) is 18.8 Å². The van der Waals surface area contributed by atoms with Gasteiger partial charge in [-0.25, -0.2) is 5.48 Å². The largest absolute Gasteiger partial charge is 0.497 e. The Bertz CT molecular complexity index is 557. The lowest BCUT2D eigenvalue weighted by molar-refractivity contribution is -0.131. The molecule has 0 atom stereocenters. The number of rotatable bonds is 7. The number of hydroxylamine groups is 1. The third kappa shape index (κ3) is 5.49. The molecule has 0 bridgehead atoms. The number of amides is 1. The van der Waals surface area contributed by atoms with Gasteiger partial charge in [0.05, 0.1) is 19.5 Å². The summed E-state index contributed by atoms with van der Waals surface area (Å²) in [6.07, 6.45) is 0. The van der Waals surface area contributed by atoms with E-state index in [2.05, 4.69) is 5.48 Å². The van der Waals surface area contributed by atoms with Gasteiger partial charge < -0.3 is 4.74 Å². The van der Waals surface area contributed by atoms with Crippen molar-refractivity contribution in [3.05, 3.63) is 60.2 Å². The Kier molecular flexibility index (Phi) is 6.12. The summed E-state index contributed by atoms with van der Waals surface area (Å²) >= 11 is 1.45. The molecule has 0 heterocycles. The highest BCUT2D eigenvalue weighted by molar-refractivity contribution is 8.00. The summed E-state index contributed by atoms with van der Waals surface area (Å²) in [6, 6.07) is 17.3. The average molecular weight is 303 g/mol. The highest BCUT2D eigenvalue weighted by Crippen LogP contribution is 2.20. The number of benzene rings is 2. The van der Waals surface area contributed by atoms with Crippen molar-refractivity contribution < 1.29 is 14.4 Å². The predicted octanol–water partition coefficient (Wildman–Crippen LogP) is 3.04. The maximum absolute atomic E-state index is 11.6. The Labute approximate surface area is 128 Å². The second-order valence-corrected chi connectivity index (χ2v) is 5.31. The van der Waals surface area contributed by atoms with E-state index < -0.39 is 0 Å². The van der Waals surface area contributed by atoms with Gasteiger partial charge in [0.25, 0.3) is 5.91 Å². The topological polar surface area (TPSA) is 47.6 Å². The maximum Gasteiger partial charge on any atom is 0.253 e. The highest BCUT2D eigenvalue weighted by atomic mass is 32.2. The van der Waals surface area contributed by atoms with Crippen LogP contribution < -0.4 is 10.2 Å². The molecule has 0 aromatic heterocycles. The molecule has 0 radical (unpaired) electrons. The Morgan fingerprint density at radius 1 is 1.10 bits per heavy atom. The summed E-state index contributed by atoms with van der Waals surface area (Å²) in [6.45, 7) is 0.361. The van der Waals surface area contributed by atoms with Crippen LogP contribution in [0.2, 0.25) is 0 Å². The molecule has 0 saturated heterocycles. The van der Waals surface area contributed by atoms with Crippen molar-refractivity contribution in [1.29, 1.82) is 0 Å². The van der Waals surface area contributed by atoms with E-state index in [1.54, 1.807) is 7.11 Å². The smallest absolute Gasteiger partial charge is 0.253 e. The molecule has 0 spiro atoms. The predicted molar refractivity (Wildman–Crippen MR) is 83.1 cm³/mol. The molecule has 110 valence electrons. The van der Waals surface area contributed by atoms with Crippen molar-refractivity contribution in [3.63, 3.8) is 0 Å². The van der Waals surface area contributed by atoms with Gasteiger partial charge in [0.2, 0.25) is 0 Å². The van der Waals surface area contributed by atoms with Gasteiger partial charge in [-0.1, -0.05) is 30.3 Å². The van der Waals surface area contributed by atoms with Crippen LogP contribution in [0.25, 0.3) is 0 Å². The van der Waals surface area contributed by atoms with Gasteiger partial charge in [-0.3, -0.25) is 9.63 Å². The van der Waals surface area contributed by atoms with Crippen molar-refractivity contribution in [2.75, 3.05) is 12.9 Å². The molecule has 2 rings (SSSR count). The van der Waals surface area contributed by atoms with Crippen LogP contribution in [0.15, 0.2) is 59.5 Å². The lowest BCUT2D eigenvalue weighted by Gasteiger charge is -2.06. The standard InChI is InChI=1S/C16H17NO3S/c1-19-14-7-9-15(10-8-14)21-12-16(18)17-20-11-13-5-3-2-4-6-13/h2-10H,11-12H2,1H3,(H,17,18). The number of methoxy groups -OCH3 is 1. The zero-order chi connectivity index (χ0) is 14.9. The third-order valence-electron chi connectivity index (χ3n) is 2.70. The van der Waals surface area contributed by atoms with Gasteiger partial charge in [-0.15, -0.1) is 11.8 Å². The SMILES string of the molecule is COc1ccc(SCC(=O)NOCc2ccccc2)cc1. The van der Waals surface area contributed by atoms with Crippen LogP contribution >= 0.6 is 11.8 Å². The molecule has 0 aliphatic rings. The van der Waals surface area contributed by atoms with Crippen molar-refractivity contribution in [3.8, 4) is 5.75 Å². The van der Waals surface area contributed by atoms with E-state index in [0.717, 1.165) is 16.2 Å². The van der Waals surface area contributed by atoms with Crippen molar-refractivity contribution in [2.45, 2.75) is 11.5 Å². The minimum atomic E-state index is -0.160. The second kappa shape index (κ2) is 8.34. The summed E-state index contributed by atoms with van der Waals surface area (Å²) in [5.41, 5.74) is 3.45. The first kappa shape index (κ1) is 15.4. The normalized spacial score (nSPS) is 10.1. The Hall–Kier alpha value is -1.98. The Morgan fingerprint density at radius 2 is 1.81 bits per heavy atom. The van der Waals surface area contributed by atoms with Gasteiger partial charge in [-0.05, 0) is 29.8 Å². The van der Waals surface area contributed by atoms with Crippen molar-refractivity contribution in [2.24, 2.45) is 0 Å². The molecule has 4 nitrogen and oxygen atoms in total. The molecule has 0 saturated carbocycles. The number of ether oxygens (including phenoxy) is 1. The summed E-state index contributed by atoms with van der Waals surface area (Å²) < 4.78 is 5.08. The molecule has 2 aromatic rings. The van der Waals surface area contributed by atoms with Crippen LogP contribution in [0, 0.1) is 0 Å². The van der Waals surface area contributed by atoms with Crippen molar-refractivity contribution in [1.82, 2.24) is 5.48 Å². The minimum Gasteiger partial charge on any atom is -0.497 e. The van der Waals surface area contributed by atoms with E-state index in [-0.39, 0.29) is 5.91 Å². The fraction of sp³-hybridized carbons (Fsp3) is 0.188. The number of carbonyl (C=O) groups is 1. The lowest BCUT2D eigenvalue weighted by Crippen LogP contribution is -2.25. The van der Waals surface area contributed by atoms with Gasteiger partial charge in [0.15, 0.2) is 0 Å². The molecule has 1 amide bonds. The van der Waals surface area contributed by atoms with Crippen molar-refractivity contribution >= 4 is 17.7 Å². The quantitative estimate of drug-likeness (QED) is 0.631. The van der Waals surface area contributed by atoms with Gasteiger partial charge >= 0.3 is 0 Å². The zero-order valence-corrected chi connectivity index (χ0v) is 12.6. The number of thioether (sulfide) groups is 1. The van der Waals surface area contributed by atoms with Crippen LogP contribution in [0.4, 0.5) is 0 Å². The van der Waals surface area contributed by atoms with Crippen LogP contribution in [-0.2, 0) is 16.2 Å². The third-order valence-corrected chi connectivity index (χ3v) is 3.71. The number of hydrogen-bond donors (Lipinski definition) is 1. The molecule has 0 unspecified atom stereocenters. The fourth-order valence-corrected chi connectivity index (χ4v) is 2.31. The molecule has 0 aliphatic heterocycles. The van der Waals surface area contributed by atoms with E-state index in [1.165, 1.54) is 11.8 Å². The van der Waals surface area contributed by atoms with Gasteiger partial charge in [0.1, 0.15) is 5.75 Å². The first-order valence-electron chi connectivity index (χ1n) is 6.49. The van der Waals surface area contributed by atoms with Crippen LogP contribution in [0.3, 0.4) is 0 Å². The zero-order valence-electron chi connectivity index (χ0n) is 11.7. The molecule has 0 fully saturated rings. The summed E-state index contributed by atoms with van der Waals surface area (Å²) in [4.78, 5) is 17.8. The summed E-state index contributed by atoms with van der Waals surface area (Å²) in [7, 11) is 1.62. The van der Waals surface area contributed by atoms with E-state index in [9.17, 15) is 4.79 Å². The lowest BCUT2D eigenvalue weighted by atomic mass is 10.2. The molecule has 1 N–H and O–H groups in total. The van der Waals surface area contributed by atoms with Gasteiger partial charge in [0, 0.05) is 4.90 Å². The van der Waals surface area contributed by atoms with Crippen LogP contribution in [0.1, 0.15) is 5.56 Å². The molecular weight excluding hydrogens is 286 g/mol. The monoisotopic (exact) mass is 303 g/mol. The minimum absolute atomic E-state index is 0.160. The molecular formula is C16H17NO3S. The molecule has 2 aromatic carbocycles. The number of hydrogen-bond acceptors (Lipinski definition) is 4. The first-order chi connectivity index (χ1) is 10.3. The van der Waals surface area contributed by atoms with E-state index in [1.807, 2.05) is 54.6 Å². The summed E-state index contributed by atoms with van der Waals surface area (Å²) in [5.74, 6) is 0.947. The highest BCUT2D eigenvalue weighted by Gasteiger charge is 2.03. The summed E-state index contributed by atoms with van der Waals surface area (Å²) in [5, 5.41) is 0. The maximum atomic E-state index is 11.6. The number of carbonyl (C=O) groups excluding carboxylic acids is 1. The average Bonchev–Trinajstić information content (AvgIpc) is 2.54. The van der Waals surface area contributed by atoms with E-state index in [0.29, 0.717) is 12.4 Å². The number of nitrogens with one attached hydrogen (secondary N) is 1. The van der Waals surface area contributed by atoms with Crippen LogP contribution in [0.5, 0.6) is 5.75 Å². The Balaban J connectivity index is 1.67. The van der Waals surface area contributed by atoms with E-state index >= 15 is 0 Å². The molecule has 0 aliphatic carbocycles. The first-order valence-corrected chi connectivity index (χ1v) is 7.48. The van der Waals surface area contributed by atoms with Gasteiger partial charge in [-0.2, -0.15) is 0 Å². The van der Waals surface area contributed by atoms with E-state index in [4.69, 9.17) is 9.57 Å². The Morgan fingerprint density at radius 3 is 2.48 bits per heavy atom. The molecule has 21 heavy (non-hydrogen) atoms. The molecule has 5 heteroatoms. The fourth-order valence-electron chi connectivity index (χ4n) is 1.62. The second-order valence-electron chi connectivity index (χ2n) is 4.26.